The molecule has 0 spiro atoms. The lowest BCUT2D eigenvalue weighted by atomic mass is 9.93. The van der Waals surface area contributed by atoms with Gasteiger partial charge in [-0.15, -0.1) is 11.3 Å². The van der Waals surface area contributed by atoms with E-state index < -0.39 is 10.0 Å². The molecule has 0 aliphatic heterocycles. The summed E-state index contributed by atoms with van der Waals surface area (Å²) >= 11 is 1.36. The minimum Gasteiger partial charge on any atom is -0.312 e. The summed E-state index contributed by atoms with van der Waals surface area (Å²) in [6.45, 7) is 8.71. The van der Waals surface area contributed by atoms with E-state index in [1.807, 2.05) is 6.07 Å². The summed E-state index contributed by atoms with van der Waals surface area (Å²) < 4.78 is 27.9. The summed E-state index contributed by atoms with van der Waals surface area (Å²) in [5, 5.41) is 3.29. The first-order valence-corrected chi connectivity index (χ1v) is 9.99. The lowest BCUT2D eigenvalue weighted by Gasteiger charge is -2.19. The molecule has 0 radical (unpaired) electrons. The number of rotatable bonds is 9. The SMILES string of the molecule is CCCNCc1ccc(S(=O)(=O)NCC2(C(C)C)CC2)s1. The quantitative estimate of drug-likeness (QED) is 0.684. The maximum atomic E-state index is 12.4. The van der Waals surface area contributed by atoms with E-state index in [0.29, 0.717) is 16.7 Å². The van der Waals surface area contributed by atoms with Gasteiger partial charge in [-0.05, 0) is 49.3 Å². The number of hydrogen-bond donors (Lipinski definition) is 2. The third-order valence-electron chi connectivity index (χ3n) is 4.36. The molecule has 0 amide bonds. The maximum absolute atomic E-state index is 12.4. The molecule has 1 aliphatic carbocycles. The predicted octanol–water partition coefficient (Wildman–Crippen LogP) is 2.96. The summed E-state index contributed by atoms with van der Waals surface area (Å²) in [4.78, 5) is 1.06. The van der Waals surface area contributed by atoms with Crippen molar-refractivity contribution in [1.29, 1.82) is 0 Å². The predicted molar refractivity (Wildman–Crippen MR) is 88.0 cm³/mol. The summed E-state index contributed by atoms with van der Waals surface area (Å²) in [5.74, 6) is 0.525. The van der Waals surface area contributed by atoms with Gasteiger partial charge in [-0.3, -0.25) is 0 Å². The Hall–Kier alpha value is -0.430. The van der Waals surface area contributed by atoms with Crippen LogP contribution in [0.15, 0.2) is 16.3 Å². The first kappa shape index (κ1) is 16.9. The molecule has 0 atom stereocenters. The van der Waals surface area contributed by atoms with Crippen LogP contribution in [0.1, 0.15) is 44.9 Å². The topological polar surface area (TPSA) is 58.2 Å². The summed E-state index contributed by atoms with van der Waals surface area (Å²) in [7, 11) is -3.36. The number of thiophene rings is 1. The van der Waals surface area contributed by atoms with Gasteiger partial charge < -0.3 is 5.32 Å². The molecular formula is C15H26N2O2S2. The van der Waals surface area contributed by atoms with Crippen molar-refractivity contribution in [2.24, 2.45) is 11.3 Å². The standard InChI is InChI=1S/C15H26N2O2S2/c1-4-9-16-10-13-5-6-14(20-13)21(18,19)17-11-15(7-8-15)12(2)3/h5-6,12,16-17H,4,7-11H2,1-3H3. The normalized spacial score (nSPS) is 17.3. The van der Waals surface area contributed by atoms with Crippen LogP contribution in [0.25, 0.3) is 0 Å². The van der Waals surface area contributed by atoms with Crippen molar-refractivity contribution in [1.82, 2.24) is 10.0 Å². The number of sulfonamides is 1. The van der Waals surface area contributed by atoms with Crippen LogP contribution < -0.4 is 10.0 Å². The first-order valence-electron chi connectivity index (χ1n) is 7.69. The van der Waals surface area contributed by atoms with E-state index in [-0.39, 0.29) is 5.41 Å². The van der Waals surface area contributed by atoms with E-state index >= 15 is 0 Å². The van der Waals surface area contributed by atoms with Crippen LogP contribution in [-0.4, -0.2) is 21.5 Å². The Morgan fingerprint density at radius 1 is 1.33 bits per heavy atom. The highest BCUT2D eigenvalue weighted by molar-refractivity contribution is 7.91. The molecule has 120 valence electrons. The highest BCUT2D eigenvalue weighted by Crippen LogP contribution is 2.51. The zero-order chi connectivity index (χ0) is 15.5. The number of hydrogen-bond acceptors (Lipinski definition) is 4. The van der Waals surface area contributed by atoms with Crippen molar-refractivity contribution in [3.63, 3.8) is 0 Å². The molecule has 1 saturated carbocycles. The maximum Gasteiger partial charge on any atom is 0.250 e. The van der Waals surface area contributed by atoms with Gasteiger partial charge in [0.15, 0.2) is 0 Å². The van der Waals surface area contributed by atoms with Crippen molar-refractivity contribution in [2.75, 3.05) is 13.1 Å². The summed E-state index contributed by atoms with van der Waals surface area (Å²) in [6, 6.07) is 3.61. The summed E-state index contributed by atoms with van der Waals surface area (Å²) in [5.41, 5.74) is 0.190. The Morgan fingerprint density at radius 3 is 2.62 bits per heavy atom. The molecule has 4 nitrogen and oxygen atoms in total. The van der Waals surface area contributed by atoms with Gasteiger partial charge in [0.05, 0.1) is 0 Å². The average Bonchev–Trinajstić information content (AvgIpc) is 3.08. The van der Waals surface area contributed by atoms with Gasteiger partial charge in [0.1, 0.15) is 4.21 Å². The molecular weight excluding hydrogens is 304 g/mol. The fourth-order valence-corrected chi connectivity index (χ4v) is 4.92. The van der Waals surface area contributed by atoms with Crippen LogP contribution in [0.5, 0.6) is 0 Å². The van der Waals surface area contributed by atoms with Crippen molar-refractivity contribution in [3.8, 4) is 0 Å². The molecule has 1 aromatic rings. The largest absolute Gasteiger partial charge is 0.312 e. The van der Waals surface area contributed by atoms with E-state index in [2.05, 4.69) is 30.8 Å². The Bertz CT molecular complexity index is 560. The Kier molecular flexibility index (Phi) is 5.46. The zero-order valence-electron chi connectivity index (χ0n) is 13.1. The van der Waals surface area contributed by atoms with Gasteiger partial charge >= 0.3 is 0 Å². The van der Waals surface area contributed by atoms with Crippen molar-refractivity contribution in [3.05, 3.63) is 17.0 Å². The monoisotopic (exact) mass is 330 g/mol. The van der Waals surface area contributed by atoms with E-state index in [1.165, 1.54) is 11.3 Å². The van der Waals surface area contributed by atoms with Gasteiger partial charge in [-0.25, -0.2) is 13.1 Å². The first-order chi connectivity index (χ1) is 9.89. The molecule has 0 aromatic carbocycles. The lowest BCUT2D eigenvalue weighted by molar-refractivity contribution is 0.357. The molecule has 1 aromatic heterocycles. The minimum atomic E-state index is -3.36. The van der Waals surface area contributed by atoms with Crippen molar-refractivity contribution >= 4 is 21.4 Å². The van der Waals surface area contributed by atoms with E-state index in [1.54, 1.807) is 6.07 Å². The van der Waals surface area contributed by atoms with Crippen LogP contribution in [0.4, 0.5) is 0 Å². The van der Waals surface area contributed by atoms with Gasteiger partial charge in [0, 0.05) is 18.0 Å². The molecule has 6 heteroatoms. The third kappa shape index (κ3) is 4.28. The van der Waals surface area contributed by atoms with Crippen LogP contribution in [-0.2, 0) is 16.6 Å². The molecule has 0 bridgehead atoms. The number of nitrogens with one attached hydrogen (secondary N) is 2. The van der Waals surface area contributed by atoms with Crippen LogP contribution >= 0.6 is 11.3 Å². The average molecular weight is 331 g/mol. The zero-order valence-corrected chi connectivity index (χ0v) is 14.7. The molecule has 2 rings (SSSR count). The molecule has 1 aliphatic rings. The fraction of sp³-hybridized carbons (Fsp3) is 0.733. The molecule has 1 heterocycles. The van der Waals surface area contributed by atoms with Crippen LogP contribution in [0.2, 0.25) is 0 Å². The van der Waals surface area contributed by atoms with Crippen molar-refractivity contribution in [2.45, 2.75) is 50.8 Å². The molecule has 0 saturated heterocycles. The van der Waals surface area contributed by atoms with Crippen molar-refractivity contribution < 1.29 is 8.42 Å². The lowest BCUT2D eigenvalue weighted by Crippen LogP contribution is -2.32. The second-order valence-corrected chi connectivity index (χ2v) is 9.40. The molecule has 2 N–H and O–H groups in total. The molecule has 0 unspecified atom stereocenters. The third-order valence-corrected chi connectivity index (χ3v) is 7.34. The van der Waals surface area contributed by atoms with E-state index in [4.69, 9.17) is 0 Å². The summed E-state index contributed by atoms with van der Waals surface area (Å²) in [6.07, 6.45) is 3.34. The molecule has 1 fully saturated rings. The van der Waals surface area contributed by atoms with Gasteiger partial charge in [0.25, 0.3) is 0 Å². The van der Waals surface area contributed by atoms with Gasteiger partial charge in [0.2, 0.25) is 10.0 Å². The minimum absolute atomic E-state index is 0.190. The smallest absolute Gasteiger partial charge is 0.250 e. The van der Waals surface area contributed by atoms with Crippen LogP contribution in [0, 0.1) is 11.3 Å². The van der Waals surface area contributed by atoms with Gasteiger partial charge in [-0.1, -0.05) is 20.8 Å². The van der Waals surface area contributed by atoms with Crippen LogP contribution in [0.3, 0.4) is 0 Å². The molecule has 21 heavy (non-hydrogen) atoms. The van der Waals surface area contributed by atoms with E-state index in [0.717, 1.165) is 37.2 Å². The van der Waals surface area contributed by atoms with E-state index in [9.17, 15) is 8.42 Å². The highest BCUT2D eigenvalue weighted by Gasteiger charge is 2.45. The fourth-order valence-electron chi connectivity index (χ4n) is 2.41. The highest BCUT2D eigenvalue weighted by atomic mass is 32.2. The Labute approximate surface area is 132 Å². The Balaban J connectivity index is 1.93. The van der Waals surface area contributed by atoms with Gasteiger partial charge in [-0.2, -0.15) is 0 Å². The second kappa shape index (κ2) is 6.77. The Morgan fingerprint density at radius 2 is 2.05 bits per heavy atom. The second-order valence-electron chi connectivity index (χ2n) is 6.24.